The van der Waals surface area contributed by atoms with Gasteiger partial charge in [-0.3, -0.25) is 9.59 Å². The van der Waals surface area contributed by atoms with Crippen molar-refractivity contribution in [2.24, 2.45) is 0 Å². The maximum absolute atomic E-state index is 10.3. The third-order valence-corrected chi connectivity index (χ3v) is 0.730. The zero-order valence-electron chi connectivity index (χ0n) is 5.09. The second kappa shape index (κ2) is 4.17. The minimum absolute atomic E-state index is 0.251. The highest BCUT2D eigenvalue weighted by atomic mass is 16.5. The second-order valence-electron chi connectivity index (χ2n) is 1.44. The molecule has 9 heavy (non-hydrogen) atoms. The Morgan fingerprint density at radius 1 is 1.44 bits per heavy atom. The van der Waals surface area contributed by atoms with Crippen molar-refractivity contribution >= 4 is 11.6 Å². The maximum Gasteiger partial charge on any atom is 0.226 e. The highest BCUT2D eigenvalue weighted by Crippen LogP contribution is 1.75. The molecule has 0 heterocycles. The number of aliphatic hydroxyl groups excluding tert-OH is 1. The van der Waals surface area contributed by atoms with Gasteiger partial charge in [0, 0.05) is 7.11 Å². The number of Topliss-reactive ketones (excluding diaryl/α,β-unsaturated/α-hetero) is 2. The molecule has 0 amide bonds. The first kappa shape index (κ1) is 8.26. The lowest BCUT2D eigenvalue weighted by Crippen LogP contribution is -2.21. The van der Waals surface area contributed by atoms with Gasteiger partial charge in [-0.05, 0) is 0 Å². The molecule has 0 fully saturated rings. The Labute approximate surface area is 52.4 Å². The summed E-state index contributed by atoms with van der Waals surface area (Å²) < 4.78 is 4.35. The standard InChI is InChI=1S/C5H8O4/c1-9-3-5(8)4(7)2-6/h6H,2-3H2,1H3. The van der Waals surface area contributed by atoms with Gasteiger partial charge in [-0.1, -0.05) is 0 Å². The van der Waals surface area contributed by atoms with Gasteiger partial charge in [0.15, 0.2) is 0 Å². The molecule has 0 bridgehead atoms. The summed E-state index contributed by atoms with van der Waals surface area (Å²) in [5.74, 6) is -1.50. The topological polar surface area (TPSA) is 63.6 Å². The maximum atomic E-state index is 10.3. The summed E-state index contributed by atoms with van der Waals surface area (Å²) in [4.78, 5) is 20.6. The smallest absolute Gasteiger partial charge is 0.226 e. The Bertz CT molecular complexity index is 118. The van der Waals surface area contributed by atoms with Crippen molar-refractivity contribution in [3.8, 4) is 0 Å². The Morgan fingerprint density at radius 3 is 2.33 bits per heavy atom. The number of aliphatic hydroxyl groups is 1. The van der Waals surface area contributed by atoms with Gasteiger partial charge < -0.3 is 9.84 Å². The van der Waals surface area contributed by atoms with Crippen molar-refractivity contribution in [1.29, 1.82) is 0 Å². The van der Waals surface area contributed by atoms with Gasteiger partial charge in [0.1, 0.15) is 13.2 Å². The van der Waals surface area contributed by atoms with Crippen LogP contribution >= 0.6 is 0 Å². The summed E-state index contributed by atoms with van der Waals surface area (Å²) in [5, 5.41) is 8.11. The van der Waals surface area contributed by atoms with Gasteiger partial charge in [-0.25, -0.2) is 0 Å². The molecule has 0 rings (SSSR count). The monoisotopic (exact) mass is 132 g/mol. The van der Waals surface area contributed by atoms with Crippen LogP contribution in [0.2, 0.25) is 0 Å². The van der Waals surface area contributed by atoms with Crippen LogP contribution in [0.4, 0.5) is 0 Å². The molecule has 0 unspecified atom stereocenters. The Kier molecular flexibility index (Phi) is 3.83. The van der Waals surface area contributed by atoms with Gasteiger partial charge >= 0.3 is 0 Å². The van der Waals surface area contributed by atoms with Crippen molar-refractivity contribution < 1.29 is 19.4 Å². The van der Waals surface area contributed by atoms with Crippen LogP contribution in [-0.2, 0) is 14.3 Å². The van der Waals surface area contributed by atoms with E-state index < -0.39 is 18.2 Å². The minimum atomic E-state index is -0.808. The molecular weight excluding hydrogens is 124 g/mol. The average Bonchev–Trinajstić information content (AvgIpc) is 1.87. The van der Waals surface area contributed by atoms with Crippen LogP contribution in [0, 0.1) is 0 Å². The van der Waals surface area contributed by atoms with Crippen molar-refractivity contribution in [2.45, 2.75) is 0 Å². The number of rotatable bonds is 4. The first-order chi connectivity index (χ1) is 4.22. The van der Waals surface area contributed by atoms with Gasteiger partial charge in [-0.15, -0.1) is 0 Å². The van der Waals surface area contributed by atoms with Crippen LogP contribution in [0.25, 0.3) is 0 Å². The van der Waals surface area contributed by atoms with Crippen LogP contribution in [-0.4, -0.2) is 37.0 Å². The predicted molar refractivity (Wildman–Crippen MR) is 29.0 cm³/mol. The summed E-state index contributed by atoms with van der Waals surface area (Å²) in [7, 11) is 1.31. The Morgan fingerprint density at radius 2 is 2.00 bits per heavy atom. The van der Waals surface area contributed by atoms with E-state index in [1.54, 1.807) is 0 Å². The van der Waals surface area contributed by atoms with Crippen molar-refractivity contribution in [2.75, 3.05) is 20.3 Å². The molecule has 0 aliphatic heterocycles. The van der Waals surface area contributed by atoms with Crippen molar-refractivity contribution in [3.63, 3.8) is 0 Å². The summed E-state index contributed by atoms with van der Waals surface area (Å²) >= 11 is 0. The zero-order valence-corrected chi connectivity index (χ0v) is 5.09. The molecule has 4 heteroatoms. The largest absolute Gasteiger partial charge is 0.388 e. The highest BCUT2D eigenvalue weighted by Gasteiger charge is 2.10. The van der Waals surface area contributed by atoms with Crippen molar-refractivity contribution in [1.82, 2.24) is 0 Å². The average molecular weight is 132 g/mol. The van der Waals surface area contributed by atoms with E-state index in [1.807, 2.05) is 0 Å². The van der Waals surface area contributed by atoms with E-state index in [0.29, 0.717) is 0 Å². The Hall–Kier alpha value is -0.740. The molecule has 0 aliphatic rings. The normalized spacial score (nSPS) is 9.11. The van der Waals surface area contributed by atoms with Crippen LogP contribution in [0.1, 0.15) is 0 Å². The molecule has 0 aromatic rings. The number of ether oxygens (including phenoxy) is 1. The first-order valence-electron chi connectivity index (χ1n) is 2.38. The fourth-order valence-corrected chi connectivity index (χ4v) is 0.300. The van der Waals surface area contributed by atoms with E-state index in [2.05, 4.69) is 4.74 Å². The fourth-order valence-electron chi connectivity index (χ4n) is 0.300. The molecule has 1 N–H and O–H groups in total. The molecule has 0 spiro atoms. The molecule has 0 radical (unpaired) electrons. The SMILES string of the molecule is COCC(=O)C(=O)CO. The van der Waals surface area contributed by atoms with E-state index in [1.165, 1.54) is 7.11 Å². The highest BCUT2D eigenvalue weighted by molar-refractivity contribution is 6.38. The molecule has 0 saturated carbocycles. The fraction of sp³-hybridized carbons (Fsp3) is 0.600. The number of methoxy groups -OCH3 is 1. The summed E-state index contributed by atoms with van der Waals surface area (Å²) in [6, 6.07) is 0. The third kappa shape index (κ3) is 2.94. The number of carbonyl (C=O) groups is 2. The molecule has 0 atom stereocenters. The molecule has 0 aromatic carbocycles. The van der Waals surface area contributed by atoms with Gasteiger partial charge in [0.05, 0.1) is 0 Å². The first-order valence-corrected chi connectivity index (χ1v) is 2.38. The van der Waals surface area contributed by atoms with E-state index in [0.717, 1.165) is 0 Å². The van der Waals surface area contributed by atoms with E-state index in [-0.39, 0.29) is 6.61 Å². The van der Waals surface area contributed by atoms with Crippen LogP contribution in [0.3, 0.4) is 0 Å². The predicted octanol–water partition coefficient (Wildman–Crippen LogP) is -1.24. The third-order valence-electron chi connectivity index (χ3n) is 0.730. The van der Waals surface area contributed by atoms with Crippen LogP contribution in [0.15, 0.2) is 0 Å². The number of ketones is 2. The van der Waals surface area contributed by atoms with Crippen LogP contribution < -0.4 is 0 Å². The zero-order chi connectivity index (χ0) is 7.28. The molecule has 0 saturated heterocycles. The quantitative estimate of drug-likeness (QED) is 0.486. The van der Waals surface area contributed by atoms with E-state index in [4.69, 9.17) is 5.11 Å². The molecule has 52 valence electrons. The van der Waals surface area contributed by atoms with Gasteiger partial charge in [0.2, 0.25) is 11.6 Å². The lowest BCUT2D eigenvalue weighted by atomic mass is 10.3. The van der Waals surface area contributed by atoms with E-state index >= 15 is 0 Å². The second-order valence-corrected chi connectivity index (χ2v) is 1.44. The Balaban J connectivity index is 3.60. The summed E-state index contributed by atoms with van der Waals surface area (Å²) in [6.45, 7) is -0.985. The molecule has 0 aromatic heterocycles. The number of hydrogen-bond acceptors (Lipinski definition) is 4. The number of carbonyl (C=O) groups excluding carboxylic acids is 2. The molecule has 0 aliphatic carbocycles. The van der Waals surface area contributed by atoms with Gasteiger partial charge in [-0.2, -0.15) is 0 Å². The van der Waals surface area contributed by atoms with Gasteiger partial charge in [0.25, 0.3) is 0 Å². The minimum Gasteiger partial charge on any atom is -0.388 e. The lowest BCUT2D eigenvalue weighted by Gasteiger charge is -1.92. The van der Waals surface area contributed by atoms with E-state index in [9.17, 15) is 9.59 Å². The van der Waals surface area contributed by atoms with Crippen LogP contribution in [0.5, 0.6) is 0 Å². The summed E-state index contributed by atoms with van der Waals surface area (Å²) in [5.41, 5.74) is 0. The molecular formula is C5H8O4. The number of hydrogen-bond donors (Lipinski definition) is 1. The van der Waals surface area contributed by atoms with Crippen molar-refractivity contribution in [3.05, 3.63) is 0 Å². The lowest BCUT2D eigenvalue weighted by molar-refractivity contribution is -0.140. The summed E-state index contributed by atoms with van der Waals surface area (Å²) in [6.07, 6.45) is 0. The molecule has 4 nitrogen and oxygen atoms in total.